The molecule has 1 aromatic rings. The van der Waals surface area contributed by atoms with Gasteiger partial charge >= 0.3 is 0 Å². The van der Waals surface area contributed by atoms with Crippen molar-refractivity contribution in [1.29, 1.82) is 0 Å². The summed E-state index contributed by atoms with van der Waals surface area (Å²) in [5.41, 5.74) is 0.641. The lowest BCUT2D eigenvalue weighted by Gasteiger charge is -2.30. The van der Waals surface area contributed by atoms with Crippen molar-refractivity contribution in [3.05, 3.63) is 29.8 Å². The van der Waals surface area contributed by atoms with Crippen molar-refractivity contribution in [3.8, 4) is 5.75 Å². The van der Waals surface area contributed by atoms with Gasteiger partial charge in [-0.05, 0) is 42.9 Å². The molecule has 0 spiro atoms. The van der Waals surface area contributed by atoms with Gasteiger partial charge in [0.15, 0.2) is 0 Å². The average molecular weight is 296 g/mol. The SMILES string of the molecule is COc1cccc(C(=O)NCC2CCCCC2CCl)c1. The molecule has 1 aromatic carbocycles. The van der Waals surface area contributed by atoms with E-state index in [2.05, 4.69) is 5.32 Å². The van der Waals surface area contributed by atoms with Gasteiger partial charge in [-0.15, -0.1) is 11.6 Å². The van der Waals surface area contributed by atoms with E-state index in [1.807, 2.05) is 12.1 Å². The van der Waals surface area contributed by atoms with Gasteiger partial charge in [-0.25, -0.2) is 0 Å². The number of hydrogen-bond donors (Lipinski definition) is 1. The van der Waals surface area contributed by atoms with Crippen LogP contribution in [-0.4, -0.2) is 25.4 Å². The van der Waals surface area contributed by atoms with Crippen LogP contribution >= 0.6 is 11.6 Å². The molecule has 0 saturated heterocycles. The van der Waals surface area contributed by atoms with E-state index in [1.165, 1.54) is 19.3 Å². The number of benzene rings is 1. The van der Waals surface area contributed by atoms with Gasteiger partial charge in [-0.3, -0.25) is 4.79 Å². The summed E-state index contributed by atoms with van der Waals surface area (Å²) in [7, 11) is 1.60. The standard InChI is InChI=1S/C16H22ClNO2/c1-20-15-8-4-7-12(9-15)16(19)18-11-14-6-3-2-5-13(14)10-17/h4,7-9,13-14H,2-3,5-6,10-11H2,1H3,(H,18,19). The van der Waals surface area contributed by atoms with Crippen LogP contribution in [0.4, 0.5) is 0 Å². The molecular formula is C16H22ClNO2. The molecule has 0 heterocycles. The van der Waals surface area contributed by atoms with Crippen molar-refractivity contribution in [2.45, 2.75) is 25.7 Å². The highest BCUT2D eigenvalue weighted by molar-refractivity contribution is 6.18. The van der Waals surface area contributed by atoms with E-state index in [-0.39, 0.29) is 5.91 Å². The second-order valence-electron chi connectivity index (χ2n) is 5.40. The maximum absolute atomic E-state index is 12.2. The largest absolute Gasteiger partial charge is 0.497 e. The number of hydrogen-bond acceptors (Lipinski definition) is 2. The number of alkyl halides is 1. The first-order valence-electron chi connectivity index (χ1n) is 7.23. The summed E-state index contributed by atoms with van der Waals surface area (Å²) in [4.78, 5) is 12.2. The van der Waals surface area contributed by atoms with Crippen LogP contribution in [0.5, 0.6) is 5.75 Å². The molecule has 2 rings (SSSR count). The molecule has 2 unspecified atom stereocenters. The highest BCUT2D eigenvalue weighted by atomic mass is 35.5. The molecule has 4 heteroatoms. The molecule has 1 saturated carbocycles. The van der Waals surface area contributed by atoms with Crippen LogP contribution in [0.1, 0.15) is 36.0 Å². The van der Waals surface area contributed by atoms with Crippen molar-refractivity contribution in [1.82, 2.24) is 5.32 Å². The maximum Gasteiger partial charge on any atom is 0.251 e. The van der Waals surface area contributed by atoms with Crippen LogP contribution in [0.3, 0.4) is 0 Å². The van der Waals surface area contributed by atoms with E-state index < -0.39 is 0 Å². The third kappa shape index (κ3) is 3.89. The summed E-state index contributed by atoms with van der Waals surface area (Å²) in [6.45, 7) is 0.716. The van der Waals surface area contributed by atoms with Crippen molar-refractivity contribution in [3.63, 3.8) is 0 Å². The Morgan fingerprint density at radius 3 is 2.80 bits per heavy atom. The van der Waals surface area contributed by atoms with Crippen molar-refractivity contribution in [2.75, 3.05) is 19.5 Å². The molecule has 2 atom stereocenters. The number of amides is 1. The van der Waals surface area contributed by atoms with Gasteiger partial charge in [0.2, 0.25) is 0 Å². The summed E-state index contributed by atoms with van der Waals surface area (Å²) < 4.78 is 5.14. The first-order valence-corrected chi connectivity index (χ1v) is 7.76. The summed E-state index contributed by atoms with van der Waals surface area (Å²) >= 11 is 6.02. The molecule has 0 bridgehead atoms. The first kappa shape index (κ1) is 15.2. The molecule has 1 N–H and O–H groups in total. The molecule has 0 radical (unpaired) electrons. The van der Waals surface area contributed by atoms with Gasteiger partial charge in [0.1, 0.15) is 5.75 Å². The zero-order chi connectivity index (χ0) is 14.4. The molecule has 1 amide bonds. The van der Waals surface area contributed by atoms with Crippen LogP contribution in [0.2, 0.25) is 0 Å². The predicted octanol–water partition coefficient (Wildman–Crippen LogP) is 3.47. The minimum Gasteiger partial charge on any atom is -0.497 e. The molecule has 20 heavy (non-hydrogen) atoms. The molecule has 1 aliphatic carbocycles. The third-order valence-corrected chi connectivity index (χ3v) is 4.52. The highest BCUT2D eigenvalue weighted by Crippen LogP contribution is 2.30. The zero-order valence-corrected chi connectivity index (χ0v) is 12.7. The Hall–Kier alpha value is -1.22. The topological polar surface area (TPSA) is 38.3 Å². The number of methoxy groups -OCH3 is 1. The molecule has 110 valence electrons. The molecule has 0 aromatic heterocycles. The molecule has 3 nitrogen and oxygen atoms in total. The molecule has 1 fully saturated rings. The van der Waals surface area contributed by atoms with Crippen LogP contribution in [-0.2, 0) is 0 Å². The second kappa shape index (κ2) is 7.53. The van der Waals surface area contributed by atoms with Gasteiger partial charge in [0.25, 0.3) is 5.91 Å². The van der Waals surface area contributed by atoms with Gasteiger partial charge < -0.3 is 10.1 Å². The minimum atomic E-state index is -0.0391. The lowest BCUT2D eigenvalue weighted by atomic mass is 9.80. The Kier molecular flexibility index (Phi) is 5.72. The Morgan fingerprint density at radius 2 is 2.10 bits per heavy atom. The maximum atomic E-state index is 12.2. The predicted molar refractivity (Wildman–Crippen MR) is 81.5 cm³/mol. The second-order valence-corrected chi connectivity index (χ2v) is 5.71. The number of halogens is 1. The van der Waals surface area contributed by atoms with Crippen LogP contribution in [0.15, 0.2) is 24.3 Å². The van der Waals surface area contributed by atoms with Gasteiger partial charge in [0, 0.05) is 18.0 Å². The van der Waals surface area contributed by atoms with Crippen LogP contribution in [0.25, 0.3) is 0 Å². The highest BCUT2D eigenvalue weighted by Gasteiger charge is 2.24. The van der Waals surface area contributed by atoms with Crippen molar-refractivity contribution >= 4 is 17.5 Å². The zero-order valence-electron chi connectivity index (χ0n) is 11.9. The van der Waals surface area contributed by atoms with E-state index in [0.717, 1.165) is 6.42 Å². The van der Waals surface area contributed by atoms with Crippen molar-refractivity contribution < 1.29 is 9.53 Å². The lowest BCUT2D eigenvalue weighted by molar-refractivity contribution is 0.0936. The number of rotatable bonds is 5. The Balaban J connectivity index is 1.90. The summed E-state index contributed by atoms with van der Waals surface area (Å²) in [5.74, 6) is 2.41. The molecule has 0 aliphatic heterocycles. The number of ether oxygens (including phenoxy) is 1. The van der Waals surface area contributed by atoms with E-state index >= 15 is 0 Å². The average Bonchev–Trinajstić information content (AvgIpc) is 2.52. The quantitative estimate of drug-likeness (QED) is 0.845. The summed E-state index contributed by atoms with van der Waals surface area (Å²) in [6.07, 6.45) is 4.85. The number of nitrogens with one attached hydrogen (secondary N) is 1. The smallest absolute Gasteiger partial charge is 0.251 e. The fraction of sp³-hybridized carbons (Fsp3) is 0.562. The van der Waals surface area contributed by atoms with Gasteiger partial charge in [0.05, 0.1) is 7.11 Å². The fourth-order valence-corrected chi connectivity index (χ4v) is 3.25. The van der Waals surface area contributed by atoms with Crippen LogP contribution in [0, 0.1) is 11.8 Å². The Bertz CT molecular complexity index is 450. The summed E-state index contributed by atoms with van der Waals surface area (Å²) in [5, 5.41) is 3.03. The number of carbonyl (C=O) groups is 1. The molecule has 1 aliphatic rings. The number of carbonyl (C=O) groups excluding carboxylic acids is 1. The Labute approximate surface area is 125 Å². The molecular weight excluding hydrogens is 274 g/mol. The van der Waals surface area contributed by atoms with E-state index in [9.17, 15) is 4.79 Å². The monoisotopic (exact) mass is 295 g/mol. The normalized spacial score (nSPS) is 22.3. The van der Waals surface area contributed by atoms with Gasteiger partial charge in [-0.2, -0.15) is 0 Å². The lowest BCUT2D eigenvalue weighted by Crippen LogP contribution is -2.34. The van der Waals surface area contributed by atoms with E-state index in [1.54, 1.807) is 19.2 Å². The van der Waals surface area contributed by atoms with Crippen molar-refractivity contribution in [2.24, 2.45) is 11.8 Å². The summed E-state index contributed by atoms with van der Waals surface area (Å²) in [6, 6.07) is 7.23. The Morgan fingerprint density at radius 1 is 1.35 bits per heavy atom. The van der Waals surface area contributed by atoms with E-state index in [4.69, 9.17) is 16.3 Å². The van der Waals surface area contributed by atoms with Gasteiger partial charge in [-0.1, -0.05) is 18.9 Å². The third-order valence-electron chi connectivity index (χ3n) is 4.12. The minimum absolute atomic E-state index is 0.0391. The van der Waals surface area contributed by atoms with Crippen LogP contribution < -0.4 is 10.1 Å². The fourth-order valence-electron chi connectivity index (χ4n) is 2.85. The first-order chi connectivity index (χ1) is 9.74. The van der Waals surface area contributed by atoms with E-state index in [0.29, 0.717) is 35.6 Å².